The lowest BCUT2D eigenvalue weighted by Crippen LogP contribution is -2.17. The second kappa shape index (κ2) is 10.4. The summed E-state index contributed by atoms with van der Waals surface area (Å²) in [4.78, 5) is 21.2. The molecule has 0 fully saturated rings. The number of carbonyl (C=O) groups excluding carboxylic acids is 1. The number of nitrogens with zero attached hydrogens (tertiary/aromatic N) is 2. The average molecular weight is 472 g/mol. The number of benzene rings is 1. The van der Waals surface area contributed by atoms with E-state index in [4.69, 9.17) is 9.47 Å². The Morgan fingerprint density at radius 2 is 1.81 bits per heavy atom. The zero-order valence-corrected chi connectivity index (χ0v) is 18.3. The van der Waals surface area contributed by atoms with Crippen LogP contribution in [0.4, 0.5) is 24.5 Å². The third kappa shape index (κ3) is 5.91. The molecule has 3 aromatic rings. The van der Waals surface area contributed by atoms with Crippen LogP contribution in [-0.2, 0) is 4.74 Å². The summed E-state index contributed by atoms with van der Waals surface area (Å²) in [6.07, 6.45) is -3.44. The molecular formula is C21H21ClF3N3O4. The first-order valence-electron chi connectivity index (χ1n) is 9.45. The SMILES string of the molecule is CCOC(=O)c1cnc2nc(C)c(OCC)cc2c1Nc1ccc(OC(F)(F)F)cc1.Cl. The number of ether oxygens (including phenoxy) is 3. The van der Waals surface area contributed by atoms with Gasteiger partial charge >= 0.3 is 12.3 Å². The van der Waals surface area contributed by atoms with Crippen LogP contribution < -0.4 is 14.8 Å². The molecular weight excluding hydrogens is 451 g/mol. The Hall–Kier alpha value is -3.27. The van der Waals surface area contributed by atoms with E-state index in [1.165, 1.54) is 18.3 Å². The molecule has 3 rings (SSSR count). The lowest BCUT2D eigenvalue weighted by molar-refractivity contribution is -0.274. The van der Waals surface area contributed by atoms with E-state index in [1.807, 2.05) is 6.92 Å². The summed E-state index contributed by atoms with van der Waals surface area (Å²) < 4.78 is 51.8. The molecule has 0 aliphatic carbocycles. The van der Waals surface area contributed by atoms with Crippen LogP contribution in [0.1, 0.15) is 29.9 Å². The second-order valence-electron chi connectivity index (χ2n) is 6.34. The van der Waals surface area contributed by atoms with Gasteiger partial charge in [-0.3, -0.25) is 0 Å². The monoisotopic (exact) mass is 471 g/mol. The highest BCUT2D eigenvalue weighted by molar-refractivity contribution is 6.05. The predicted octanol–water partition coefficient (Wildman–Crippen LogP) is 5.58. The number of hydrogen-bond acceptors (Lipinski definition) is 7. The molecule has 0 aliphatic heterocycles. The van der Waals surface area contributed by atoms with Gasteiger partial charge in [-0.05, 0) is 51.1 Å². The molecule has 7 nitrogen and oxygen atoms in total. The van der Waals surface area contributed by atoms with Gasteiger partial charge in [0.15, 0.2) is 5.65 Å². The zero-order valence-electron chi connectivity index (χ0n) is 17.4. The topological polar surface area (TPSA) is 82.6 Å². The predicted molar refractivity (Wildman–Crippen MR) is 115 cm³/mol. The molecule has 172 valence electrons. The summed E-state index contributed by atoms with van der Waals surface area (Å²) in [5, 5.41) is 3.56. The Morgan fingerprint density at radius 3 is 2.41 bits per heavy atom. The van der Waals surface area contributed by atoms with Crippen molar-refractivity contribution in [3.05, 3.63) is 47.8 Å². The molecule has 0 saturated heterocycles. The number of aryl methyl sites for hydroxylation is 1. The molecule has 0 spiro atoms. The molecule has 0 unspecified atom stereocenters. The number of pyridine rings is 2. The van der Waals surface area contributed by atoms with Crippen molar-refractivity contribution in [3.8, 4) is 11.5 Å². The molecule has 0 radical (unpaired) electrons. The van der Waals surface area contributed by atoms with Gasteiger partial charge in [-0.15, -0.1) is 25.6 Å². The van der Waals surface area contributed by atoms with Crippen molar-refractivity contribution in [2.24, 2.45) is 0 Å². The molecule has 2 aromatic heterocycles. The Morgan fingerprint density at radius 1 is 1.12 bits per heavy atom. The molecule has 0 saturated carbocycles. The van der Waals surface area contributed by atoms with Crippen molar-refractivity contribution in [2.45, 2.75) is 27.1 Å². The summed E-state index contributed by atoms with van der Waals surface area (Å²) in [5.74, 6) is -0.441. The van der Waals surface area contributed by atoms with Gasteiger partial charge in [-0.1, -0.05) is 0 Å². The van der Waals surface area contributed by atoms with E-state index < -0.39 is 12.3 Å². The highest BCUT2D eigenvalue weighted by Crippen LogP contribution is 2.33. The van der Waals surface area contributed by atoms with Gasteiger partial charge in [-0.25, -0.2) is 14.8 Å². The molecule has 32 heavy (non-hydrogen) atoms. The lowest BCUT2D eigenvalue weighted by atomic mass is 10.1. The number of esters is 1. The minimum Gasteiger partial charge on any atom is -0.492 e. The van der Waals surface area contributed by atoms with E-state index in [0.717, 1.165) is 12.1 Å². The first-order chi connectivity index (χ1) is 14.7. The first-order valence-corrected chi connectivity index (χ1v) is 9.45. The second-order valence-corrected chi connectivity index (χ2v) is 6.34. The fourth-order valence-electron chi connectivity index (χ4n) is 2.88. The normalized spacial score (nSPS) is 10.9. The average Bonchev–Trinajstić information content (AvgIpc) is 2.69. The number of alkyl halides is 3. The number of anilines is 2. The maximum atomic E-state index is 12.5. The Balaban J connectivity index is 0.00000363. The standard InChI is InChI=1S/C21H20F3N3O4.ClH/c1-4-29-17-10-15-18(27-13-6-8-14(9-7-13)31-21(22,23)24)16(20(28)30-5-2)11-25-19(15)26-12(17)3;/h6-11H,4-5H2,1-3H3,(H,25,26,27);1H. The quantitative estimate of drug-likeness (QED) is 0.450. The van der Waals surface area contributed by atoms with E-state index in [-0.39, 0.29) is 30.3 Å². The smallest absolute Gasteiger partial charge is 0.492 e. The first kappa shape index (κ1) is 25.0. The summed E-state index contributed by atoms with van der Waals surface area (Å²) in [6.45, 7) is 5.87. The van der Waals surface area contributed by atoms with Crippen LogP contribution in [0, 0.1) is 6.92 Å². The molecule has 1 N–H and O–H groups in total. The lowest BCUT2D eigenvalue weighted by Gasteiger charge is -2.16. The van der Waals surface area contributed by atoms with Gasteiger partial charge in [0, 0.05) is 17.3 Å². The Labute approximate surface area is 188 Å². The molecule has 0 amide bonds. The van der Waals surface area contributed by atoms with Gasteiger partial charge in [-0.2, -0.15) is 0 Å². The van der Waals surface area contributed by atoms with Crippen LogP contribution in [0.3, 0.4) is 0 Å². The summed E-state index contributed by atoms with van der Waals surface area (Å²) >= 11 is 0. The maximum absolute atomic E-state index is 12.5. The molecule has 11 heteroatoms. The van der Waals surface area contributed by atoms with Gasteiger partial charge in [0.2, 0.25) is 0 Å². The van der Waals surface area contributed by atoms with Crippen molar-refractivity contribution in [1.82, 2.24) is 9.97 Å². The third-order valence-electron chi connectivity index (χ3n) is 4.15. The highest BCUT2D eigenvalue weighted by atomic mass is 35.5. The van der Waals surface area contributed by atoms with Gasteiger partial charge in [0.05, 0.1) is 24.6 Å². The molecule has 0 atom stereocenters. The summed E-state index contributed by atoms with van der Waals surface area (Å²) in [5.41, 5.74) is 1.92. The van der Waals surface area contributed by atoms with Crippen LogP contribution >= 0.6 is 12.4 Å². The molecule has 0 bridgehead atoms. The summed E-state index contributed by atoms with van der Waals surface area (Å²) in [7, 11) is 0. The minimum absolute atomic E-state index is 0. The number of carbonyl (C=O) groups is 1. The maximum Gasteiger partial charge on any atom is 0.573 e. The van der Waals surface area contributed by atoms with Crippen molar-refractivity contribution >= 4 is 40.8 Å². The van der Waals surface area contributed by atoms with Gasteiger partial charge in [0.1, 0.15) is 17.1 Å². The number of aromatic nitrogens is 2. The van der Waals surface area contributed by atoms with Crippen molar-refractivity contribution in [1.29, 1.82) is 0 Å². The zero-order chi connectivity index (χ0) is 22.6. The fraction of sp³-hybridized carbons (Fsp3) is 0.286. The fourth-order valence-corrected chi connectivity index (χ4v) is 2.88. The van der Waals surface area contributed by atoms with Crippen LogP contribution in [0.25, 0.3) is 11.0 Å². The van der Waals surface area contributed by atoms with E-state index in [2.05, 4.69) is 20.0 Å². The molecule has 2 heterocycles. The third-order valence-corrected chi connectivity index (χ3v) is 4.15. The number of halogens is 4. The van der Waals surface area contributed by atoms with Crippen molar-refractivity contribution < 1.29 is 32.2 Å². The minimum atomic E-state index is -4.79. The van der Waals surface area contributed by atoms with Gasteiger partial charge < -0.3 is 19.5 Å². The Kier molecular flexibility index (Phi) is 8.09. The van der Waals surface area contributed by atoms with E-state index in [9.17, 15) is 18.0 Å². The van der Waals surface area contributed by atoms with Crippen molar-refractivity contribution in [3.63, 3.8) is 0 Å². The van der Waals surface area contributed by atoms with Crippen LogP contribution in [0.2, 0.25) is 0 Å². The number of hydrogen-bond donors (Lipinski definition) is 1. The largest absolute Gasteiger partial charge is 0.573 e. The number of nitrogens with one attached hydrogen (secondary N) is 1. The van der Waals surface area contributed by atoms with E-state index >= 15 is 0 Å². The highest BCUT2D eigenvalue weighted by Gasteiger charge is 2.31. The van der Waals surface area contributed by atoms with Crippen LogP contribution in [0.5, 0.6) is 11.5 Å². The molecule has 1 aromatic carbocycles. The Bertz CT molecular complexity index is 1090. The van der Waals surface area contributed by atoms with Crippen molar-refractivity contribution in [2.75, 3.05) is 18.5 Å². The molecule has 0 aliphatic rings. The van der Waals surface area contributed by atoms with E-state index in [1.54, 1.807) is 19.9 Å². The van der Waals surface area contributed by atoms with E-state index in [0.29, 0.717) is 40.5 Å². The number of rotatable bonds is 7. The van der Waals surface area contributed by atoms with Crippen LogP contribution in [-0.4, -0.2) is 35.5 Å². The van der Waals surface area contributed by atoms with Gasteiger partial charge in [0.25, 0.3) is 0 Å². The summed E-state index contributed by atoms with van der Waals surface area (Å²) in [6, 6.07) is 6.83. The number of fused-ring (bicyclic) bond motifs is 1. The van der Waals surface area contributed by atoms with Crippen LogP contribution in [0.15, 0.2) is 36.5 Å².